The quantitative estimate of drug-likeness (QED) is 0.516. The van der Waals surface area contributed by atoms with Crippen LogP contribution < -0.4 is 0 Å². The third-order valence-electron chi connectivity index (χ3n) is 4.09. The maximum Gasteiger partial charge on any atom is 0.246 e. The van der Waals surface area contributed by atoms with Gasteiger partial charge in [-0.05, 0) is 40.2 Å². The summed E-state index contributed by atoms with van der Waals surface area (Å²) in [6.07, 6.45) is 5.93. The Hall–Kier alpha value is -2.36. The SMILES string of the molecule is CN(Cc1ccc(Br)s1)C(=O)/C=C/c1cn(CCC#N)c2ccccc12. The lowest BCUT2D eigenvalue weighted by molar-refractivity contribution is -0.125. The number of thiophene rings is 1. The fourth-order valence-electron chi connectivity index (χ4n) is 2.80. The molecule has 0 bridgehead atoms. The van der Waals surface area contributed by atoms with E-state index in [9.17, 15) is 4.79 Å². The van der Waals surface area contributed by atoms with E-state index in [0.717, 1.165) is 25.1 Å². The van der Waals surface area contributed by atoms with Crippen molar-refractivity contribution in [1.82, 2.24) is 9.47 Å². The molecule has 0 fully saturated rings. The molecule has 0 radical (unpaired) electrons. The molecule has 0 spiro atoms. The van der Waals surface area contributed by atoms with Gasteiger partial charge in [-0.3, -0.25) is 4.79 Å². The summed E-state index contributed by atoms with van der Waals surface area (Å²) in [6, 6.07) is 14.2. The number of hydrogen-bond acceptors (Lipinski definition) is 3. The zero-order valence-electron chi connectivity index (χ0n) is 14.4. The van der Waals surface area contributed by atoms with Crippen LogP contribution in [0, 0.1) is 11.3 Å². The molecule has 6 heteroatoms. The van der Waals surface area contributed by atoms with Gasteiger partial charge < -0.3 is 9.47 Å². The summed E-state index contributed by atoms with van der Waals surface area (Å²) in [7, 11) is 1.80. The van der Waals surface area contributed by atoms with Crippen LogP contribution in [0.2, 0.25) is 0 Å². The highest BCUT2D eigenvalue weighted by Gasteiger charge is 2.09. The third kappa shape index (κ3) is 4.24. The van der Waals surface area contributed by atoms with Crippen molar-refractivity contribution in [2.75, 3.05) is 7.05 Å². The van der Waals surface area contributed by atoms with Crippen LogP contribution in [0.25, 0.3) is 17.0 Å². The molecule has 26 heavy (non-hydrogen) atoms. The van der Waals surface area contributed by atoms with E-state index in [2.05, 4.69) is 26.6 Å². The normalized spacial score (nSPS) is 11.1. The Kier molecular flexibility index (Phi) is 5.92. The van der Waals surface area contributed by atoms with Crippen LogP contribution in [-0.4, -0.2) is 22.4 Å². The monoisotopic (exact) mass is 427 g/mol. The Bertz CT molecular complexity index is 996. The molecule has 2 aromatic heterocycles. The maximum absolute atomic E-state index is 12.4. The number of carbonyl (C=O) groups is 1. The average Bonchev–Trinajstić information content (AvgIpc) is 3.21. The number of halogens is 1. The van der Waals surface area contributed by atoms with Crippen LogP contribution in [0.5, 0.6) is 0 Å². The Morgan fingerprint density at radius 3 is 2.88 bits per heavy atom. The Morgan fingerprint density at radius 2 is 2.15 bits per heavy atom. The molecule has 0 saturated heterocycles. The number of aryl methyl sites for hydroxylation is 1. The summed E-state index contributed by atoms with van der Waals surface area (Å²) in [6.45, 7) is 1.23. The molecule has 0 saturated carbocycles. The van der Waals surface area contributed by atoms with Gasteiger partial charge in [0.1, 0.15) is 0 Å². The molecule has 1 amide bonds. The lowest BCUT2D eigenvalue weighted by Gasteiger charge is -2.13. The first kappa shape index (κ1) is 18.4. The fraction of sp³-hybridized carbons (Fsp3) is 0.200. The van der Waals surface area contributed by atoms with Crippen molar-refractivity contribution in [2.45, 2.75) is 19.5 Å². The largest absolute Gasteiger partial charge is 0.346 e. The Morgan fingerprint density at radius 1 is 1.35 bits per heavy atom. The van der Waals surface area contributed by atoms with Gasteiger partial charge in [0.25, 0.3) is 0 Å². The van der Waals surface area contributed by atoms with E-state index in [1.54, 1.807) is 29.4 Å². The highest BCUT2D eigenvalue weighted by atomic mass is 79.9. The van der Waals surface area contributed by atoms with E-state index in [-0.39, 0.29) is 5.91 Å². The Balaban J connectivity index is 1.77. The molecule has 0 aliphatic carbocycles. The van der Waals surface area contributed by atoms with Gasteiger partial charge in [0.2, 0.25) is 5.91 Å². The van der Waals surface area contributed by atoms with Gasteiger partial charge in [-0.25, -0.2) is 0 Å². The van der Waals surface area contributed by atoms with Gasteiger partial charge in [0.05, 0.1) is 22.8 Å². The van der Waals surface area contributed by atoms with E-state index in [1.165, 1.54) is 0 Å². The second-order valence-corrected chi connectivity index (χ2v) is 8.48. The lowest BCUT2D eigenvalue weighted by atomic mass is 10.1. The predicted octanol–water partition coefficient (Wildman–Crippen LogP) is 5.05. The van der Waals surface area contributed by atoms with Crippen LogP contribution >= 0.6 is 27.3 Å². The van der Waals surface area contributed by atoms with Crippen molar-refractivity contribution < 1.29 is 4.79 Å². The van der Waals surface area contributed by atoms with Crippen molar-refractivity contribution in [2.24, 2.45) is 0 Å². The van der Waals surface area contributed by atoms with Gasteiger partial charge in [-0.15, -0.1) is 11.3 Å². The molecule has 0 unspecified atom stereocenters. The second kappa shape index (κ2) is 8.35. The Labute approximate surface area is 165 Å². The summed E-state index contributed by atoms with van der Waals surface area (Å²) in [5.41, 5.74) is 2.06. The molecule has 0 aliphatic rings. The maximum atomic E-state index is 12.4. The number of fused-ring (bicyclic) bond motifs is 1. The number of nitrogens with zero attached hydrogens (tertiary/aromatic N) is 3. The molecule has 0 N–H and O–H groups in total. The minimum absolute atomic E-state index is 0.0385. The summed E-state index contributed by atoms with van der Waals surface area (Å²) in [4.78, 5) is 15.3. The third-order valence-corrected chi connectivity index (χ3v) is 5.70. The summed E-state index contributed by atoms with van der Waals surface area (Å²) in [5, 5.41) is 9.92. The van der Waals surface area contributed by atoms with Crippen LogP contribution in [0.3, 0.4) is 0 Å². The van der Waals surface area contributed by atoms with Gasteiger partial charge in [-0.1, -0.05) is 18.2 Å². The van der Waals surface area contributed by atoms with E-state index < -0.39 is 0 Å². The van der Waals surface area contributed by atoms with Crippen LogP contribution in [0.1, 0.15) is 16.9 Å². The minimum atomic E-state index is -0.0385. The summed E-state index contributed by atoms with van der Waals surface area (Å²) >= 11 is 5.07. The summed E-state index contributed by atoms with van der Waals surface area (Å²) in [5.74, 6) is -0.0385. The molecule has 2 heterocycles. The number of rotatable bonds is 6. The highest BCUT2D eigenvalue weighted by molar-refractivity contribution is 9.11. The van der Waals surface area contributed by atoms with Gasteiger partial charge >= 0.3 is 0 Å². The fourth-order valence-corrected chi connectivity index (χ4v) is 4.34. The second-order valence-electron chi connectivity index (χ2n) is 5.94. The topological polar surface area (TPSA) is 49.0 Å². The van der Waals surface area contributed by atoms with E-state index in [0.29, 0.717) is 19.5 Å². The van der Waals surface area contributed by atoms with Crippen LogP contribution in [0.4, 0.5) is 0 Å². The zero-order chi connectivity index (χ0) is 18.5. The van der Waals surface area contributed by atoms with E-state index in [1.807, 2.05) is 48.7 Å². The molecular formula is C20H18BrN3OS. The molecular weight excluding hydrogens is 410 g/mol. The average molecular weight is 428 g/mol. The first-order chi connectivity index (χ1) is 12.6. The van der Waals surface area contributed by atoms with Crippen LogP contribution in [0.15, 0.2) is 52.5 Å². The van der Waals surface area contributed by atoms with Crippen molar-refractivity contribution in [1.29, 1.82) is 5.26 Å². The molecule has 0 atom stereocenters. The molecule has 3 aromatic rings. The number of aromatic nitrogens is 1. The van der Waals surface area contributed by atoms with Gasteiger partial charge in [0.15, 0.2) is 0 Å². The highest BCUT2D eigenvalue weighted by Crippen LogP contribution is 2.24. The number of nitriles is 1. The number of benzene rings is 1. The number of para-hydroxylation sites is 1. The number of carbonyl (C=O) groups excluding carboxylic acids is 1. The van der Waals surface area contributed by atoms with Crippen molar-refractivity contribution in [3.8, 4) is 6.07 Å². The standard InChI is InChI=1S/C20H18BrN3OS/c1-23(14-16-8-9-19(21)26-16)20(25)10-7-15-13-24(12-4-11-22)18-6-3-2-5-17(15)18/h2-3,5-10,13H,4,12,14H2,1H3/b10-7+. The van der Waals surface area contributed by atoms with Crippen molar-refractivity contribution in [3.05, 3.63) is 62.9 Å². The van der Waals surface area contributed by atoms with Crippen molar-refractivity contribution in [3.63, 3.8) is 0 Å². The number of likely N-dealkylation sites (N-methyl/N-ethyl adjacent to an activating group) is 1. The minimum Gasteiger partial charge on any atom is -0.346 e. The first-order valence-electron chi connectivity index (χ1n) is 8.20. The van der Waals surface area contributed by atoms with E-state index >= 15 is 0 Å². The molecule has 4 nitrogen and oxygen atoms in total. The van der Waals surface area contributed by atoms with Gasteiger partial charge in [-0.2, -0.15) is 5.26 Å². The smallest absolute Gasteiger partial charge is 0.246 e. The number of amides is 1. The molecule has 3 rings (SSSR count). The van der Waals surface area contributed by atoms with Crippen molar-refractivity contribution >= 4 is 50.2 Å². The number of hydrogen-bond donors (Lipinski definition) is 0. The van der Waals surface area contributed by atoms with Gasteiger partial charge in [0, 0.05) is 47.2 Å². The zero-order valence-corrected chi connectivity index (χ0v) is 16.8. The first-order valence-corrected chi connectivity index (χ1v) is 9.81. The summed E-state index contributed by atoms with van der Waals surface area (Å²) < 4.78 is 3.13. The molecule has 132 valence electrons. The van der Waals surface area contributed by atoms with Crippen LogP contribution in [-0.2, 0) is 17.9 Å². The molecule has 0 aliphatic heterocycles. The lowest BCUT2D eigenvalue weighted by Crippen LogP contribution is -2.23. The predicted molar refractivity (Wildman–Crippen MR) is 110 cm³/mol. The molecule has 1 aromatic carbocycles. The van der Waals surface area contributed by atoms with E-state index in [4.69, 9.17) is 5.26 Å².